The lowest BCUT2D eigenvalue weighted by Crippen LogP contribution is -2.30. The van der Waals surface area contributed by atoms with Crippen molar-refractivity contribution in [2.75, 3.05) is 17.7 Å². The van der Waals surface area contributed by atoms with Crippen molar-refractivity contribution in [1.29, 1.82) is 0 Å². The molecule has 140 valence electrons. The summed E-state index contributed by atoms with van der Waals surface area (Å²) in [6.07, 6.45) is 3.80. The molecule has 1 aliphatic heterocycles. The van der Waals surface area contributed by atoms with Gasteiger partial charge in [-0.2, -0.15) is 0 Å². The van der Waals surface area contributed by atoms with Gasteiger partial charge in [0.1, 0.15) is 0 Å². The first kappa shape index (κ1) is 17.8. The van der Waals surface area contributed by atoms with E-state index < -0.39 is 9.84 Å². The van der Waals surface area contributed by atoms with E-state index in [2.05, 4.69) is 52.1 Å². The molecular formula is C21H23N3O2S. The first-order chi connectivity index (χ1) is 12.8. The zero-order chi connectivity index (χ0) is 19.2. The monoisotopic (exact) mass is 381 g/mol. The Morgan fingerprint density at radius 3 is 2.59 bits per heavy atom. The van der Waals surface area contributed by atoms with Gasteiger partial charge in [0.05, 0.1) is 11.9 Å². The Kier molecular flexibility index (Phi) is 4.30. The lowest BCUT2D eigenvalue weighted by molar-refractivity contribution is 0.598. The number of fused-ring (bicyclic) bond motifs is 1. The third kappa shape index (κ3) is 3.37. The Bertz CT molecular complexity index is 1120. The topological polar surface area (TPSA) is 66.1 Å². The summed E-state index contributed by atoms with van der Waals surface area (Å²) in [6, 6.07) is 12.3. The highest BCUT2D eigenvalue weighted by molar-refractivity contribution is 7.90. The maximum absolute atomic E-state index is 11.7. The minimum absolute atomic E-state index is 0.130. The fourth-order valence-corrected chi connectivity index (χ4v) is 4.35. The molecule has 0 fully saturated rings. The van der Waals surface area contributed by atoms with E-state index in [1.807, 2.05) is 6.92 Å². The summed E-state index contributed by atoms with van der Waals surface area (Å²) in [5.74, 6) is 0. The molecule has 0 atom stereocenters. The van der Waals surface area contributed by atoms with Crippen LogP contribution in [0.4, 0.5) is 5.69 Å². The Morgan fingerprint density at radius 1 is 1.11 bits per heavy atom. The molecule has 0 spiro atoms. The molecule has 5 nitrogen and oxygen atoms in total. The summed E-state index contributed by atoms with van der Waals surface area (Å²) in [6.45, 7) is 5.73. The van der Waals surface area contributed by atoms with E-state index in [1.165, 1.54) is 28.6 Å². The van der Waals surface area contributed by atoms with Crippen LogP contribution in [-0.2, 0) is 22.8 Å². The molecule has 3 aromatic rings. The molecule has 27 heavy (non-hydrogen) atoms. The zero-order valence-corrected chi connectivity index (χ0v) is 16.6. The summed E-state index contributed by atoms with van der Waals surface area (Å²) in [5.41, 5.74) is 8.13. The van der Waals surface area contributed by atoms with Crippen LogP contribution in [0.25, 0.3) is 11.3 Å². The summed E-state index contributed by atoms with van der Waals surface area (Å²) in [5, 5.41) is 0.130. The van der Waals surface area contributed by atoms with Crippen molar-refractivity contribution in [2.45, 2.75) is 31.8 Å². The molecule has 1 aliphatic rings. The Balaban J connectivity index is 1.63. The van der Waals surface area contributed by atoms with Crippen LogP contribution in [0.5, 0.6) is 0 Å². The van der Waals surface area contributed by atoms with Crippen LogP contribution in [0.15, 0.2) is 47.6 Å². The van der Waals surface area contributed by atoms with Gasteiger partial charge in [-0.05, 0) is 42.7 Å². The van der Waals surface area contributed by atoms with E-state index in [0.29, 0.717) is 0 Å². The molecule has 0 amide bonds. The number of sulfone groups is 1. The quantitative estimate of drug-likeness (QED) is 0.752. The fraction of sp³-hybridized carbons (Fsp3) is 0.286. The highest BCUT2D eigenvalue weighted by atomic mass is 32.2. The molecular weight excluding hydrogens is 358 g/mol. The van der Waals surface area contributed by atoms with Crippen molar-refractivity contribution in [3.05, 3.63) is 65.0 Å². The molecule has 0 saturated heterocycles. The van der Waals surface area contributed by atoms with E-state index >= 15 is 0 Å². The van der Waals surface area contributed by atoms with Crippen molar-refractivity contribution < 1.29 is 8.42 Å². The van der Waals surface area contributed by atoms with Gasteiger partial charge in [-0.25, -0.2) is 13.4 Å². The smallest absolute Gasteiger partial charge is 0.192 e. The average Bonchev–Trinajstić information content (AvgIpc) is 3.04. The van der Waals surface area contributed by atoms with Gasteiger partial charge in [0.25, 0.3) is 0 Å². The molecule has 0 unspecified atom stereocenters. The third-order valence-electron chi connectivity index (χ3n) is 5.20. The van der Waals surface area contributed by atoms with Gasteiger partial charge in [0, 0.05) is 42.7 Å². The second-order valence-electron chi connectivity index (χ2n) is 7.25. The molecule has 1 aromatic carbocycles. The zero-order valence-electron chi connectivity index (χ0n) is 15.8. The number of nitrogens with one attached hydrogen (secondary N) is 1. The van der Waals surface area contributed by atoms with Crippen LogP contribution in [0.3, 0.4) is 0 Å². The molecule has 6 heteroatoms. The number of hydrogen-bond acceptors (Lipinski definition) is 4. The molecule has 3 heterocycles. The second-order valence-corrected chi connectivity index (χ2v) is 9.22. The van der Waals surface area contributed by atoms with Crippen molar-refractivity contribution in [3.63, 3.8) is 0 Å². The predicted octanol–water partition coefficient (Wildman–Crippen LogP) is 3.66. The summed E-state index contributed by atoms with van der Waals surface area (Å²) in [4.78, 5) is 10.0. The van der Waals surface area contributed by atoms with E-state index in [9.17, 15) is 8.42 Å². The Morgan fingerprint density at radius 2 is 1.89 bits per heavy atom. The number of anilines is 1. The number of hydrogen-bond donors (Lipinski definition) is 1. The van der Waals surface area contributed by atoms with E-state index in [0.717, 1.165) is 36.5 Å². The standard InChI is InChI=1S/C21H23N3O2S/c1-14-6-4-5-7-17(14)19-11-16-13-24(9-8-18(16)23-19)20-12-22-21(10-15(20)2)27(3,25)26/h4-7,10-12,23H,8-9,13H2,1-3H3. The van der Waals surface area contributed by atoms with E-state index in [1.54, 1.807) is 12.3 Å². The normalized spacial score (nSPS) is 14.3. The van der Waals surface area contributed by atoms with Gasteiger partial charge in [-0.3, -0.25) is 0 Å². The van der Waals surface area contributed by atoms with Crippen LogP contribution >= 0.6 is 0 Å². The van der Waals surface area contributed by atoms with Crippen molar-refractivity contribution in [2.24, 2.45) is 0 Å². The van der Waals surface area contributed by atoms with Gasteiger partial charge in [0.2, 0.25) is 0 Å². The number of aromatic amines is 1. The molecule has 2 aromatic heterocycles. The van der Waals surface area contributed by atoms with Crippen molar-refractivity contribution >= 4 is 15.5 Å². The van der Waals surface area contributed by atoms with Gasteiger partial charge in [-0.15, -0.1) is 0 Å². The van der Waals surface area contributed by atoms with E-state index in [4.69, 9.17) is 0 Å². The van der Waals surface area contributed by atoms with Crippen molar-refractivity contribution in [3.8, 4) is 11.3 Å². The number of pyridine rings is 1. The van der Waals surface area contributed by atoms with Crippen LogP contribution < -0.4 is 4.90 Å². The number of aromatic nitrogens is 2. The predicted molar refractivity (Wildman–Crippen MR) is 108 cm³/mol. The average molecular weight is 382 g/mol. The Labute approximate surface area is 160 Å². The first-order valence-corrected chi connectivity index (χ1v) is 10.9. The summed E-state index contributed by atoms with van der Waals surface area (Å²) < 4.78 is 23.4. The number of H-pyrrole nitrogens is 1. The van der Waals surface area contributed by atoms with Crippen LogP contribution in [0.1, 0.15) is 22.4 Å². The first-order valence-electron chi connectivity index (χ1n) is 9.01. The largest absolute Gasteiger partial charge is 0.365 e. The fourth-order valence-electron chi connectivity index (χ4n) is 3.72. The van der Waals surface area contributed by atoms with Gasteiger partial charge < -0.3 is 9.88 Å². The molecule has 0 saturated carbocycles. The van der Waals surface area contributed by atoms with Gasteiger partial charge >= 0.3 is 0 Å². The number of nitrogens with zero attached hydrogens (tertiary/aromatic N) is 2. The molecule has 1 N–H and O–H groups in total. The number of rotatable bonds is 3. The summed E-state index contributed by atoms with van der Waals surface area (Å²) in [7, 11) is -3.29. The molecule has 0 aliphatic carbocycles. The SMILES string of the molecule is Cc1ccccc1-c1cc2c([nH]1)CCN(c1cnc(S(C)(=O)=O)cc1C)C2. The van der Waals surface area contributed by atoms with Crippen LogP contribution in [0, 0.1) is 13.8 Å². The minimum Gasteiger partial charge on any atom is -0.365 e. The third-order valence-corrected chi connectivity index (χ3v) is 6.18. The minimum atomic E-state index is -3.29. The Hall–Kier alpha value is -2.60. The molecule has 4 rings (SSSR count). The highest BCUT2D eigenvalue weighted by Crippen LogP contribution is 2.31. The lowest BCUT2D eigenvalue weighted by Gasteiger charge is -2.30. The maximum atomic E-state index is 11.7. The van der Waals surface area contributed by atoms with Crippen molar-refractivity contribution in [1.82, 2.24) is 9.97 Å². The lowest BCUT2D eigenvalue weighted by atomic mass is 10.0. The van der Waals surface area contributed by atoms with Crippen LogP contribution in [0.2, 0.25) is 0 Å². The summed E-state index contributed by atoms with van der Waals surface area (Å²) >= 11 is 0. The molecule has 0 radical (unpaired) electrons. The number of aryl methyl sites for hydroxylation is 2. The van der Waals surface area contributed by atoms with E-state index in [-0.39, 0.29) is 5.03 Å². The highest BCUT2D eigenvalue weighted by Gasteiger charge is 2.22. The number of benzene rings is 1. The molecule has 0 bridgehead atoms. The van der Waals surface area contributed by atoms with Gasteiger partial charge in [0.15, 0.2) is 14.9 Å². The van der Waals surface area contributed by atoms with Gasteiger partial charge in [-0.1, -0.05) is 24.3 Å². The van der Waals surface area contributed by atoms with Crippen LogP contribution in [-0.4, -0.2) is 31.2 Å². The maximum Gasteiger partial charge on any atom is 0.192 e. The second kappa shape index (κ2) is 6.53.